The van der Waals surface area contributed by atoms with Crippen LogP contribution in [-0.4, -0.2) is 48.4 Å². The largest absolute Gasteiger partial charge is 0.460 e. The SMILES string of the molecule is CCOC(=O)c1nc(NC(=O)C2CCOCC2)cn1COC. The first-order valence-electron chi connectivity index (χ1n) is 7.27. The van der Waals surface area contributed by atoms with Gasteiger partial charge in [0.25, 0.3) is 0 Å². The maximum Gasteiger partial charge on any atom is 0.374 e. The van der Waals surface area contributed by atoms with Crippen LogP contribution in [0.15, 0.2) is 6.20 Å². The van der Waals surface area contributed by atoms with E-state index < -0.39 is 5.97 Å². The molecule has 1 aliphatic heterocycles. The summed E-state index contributed by atoms with van der Waals surface area (Å²) in [5.41, 5.74) is 0. The van der Waals surface area contributed by atoms with Gasteiger partial charge in [0, 0.05) is 26.2 Å². The van der Waals surface area contributed by atoms with Gasteiger partial charge >= 0.3 is 5.97 Å². The van der Waals surface area contributed by atoms with Crippen LogP contribution in [0.2, 0.25) is 0 Å². The molecule has 2 heterocycles. The van der Waals surface area contributed by atoms with Crippen molar-refractivity contribution in [2.75, 3.05) is 32.2 Å². The molecular formula is C14H21N3O5. The van der Waals surface area contributed by atoms with Crippen LogP contribution in [0.5, 0.6) is 0 Å². The number of aromatic nitrogens is 2. The quantitative estimate of drug-likeness (QED) is 0.789. The average Bonchev–Trinajstić information content (AvgIpc) is 2.91. The van der Waals surface area contributed by atoms with Crippen molar-refractivity contribution < 1.29 is 23.8 Å². The molecule has 0 bridgehead atoms. The fourth-order valence-electron chi connectivity index (χ4n) is 2.26. The van der Waals surface area contributed by atoms with E-state index in [1.54, 1.807) is 13.1 Å². The number of carbonyl (C=O) groups excluding carboxylic acids is 2. The van der Waals surface area contributed by atoms with Crippen molar-refractivity contribution in [3.05, 3.63) is 12.0 Å². The summed E-state index contributed by atoms with van der Waals surface area (Å²) in [6.07, 6.45) is 2.94. The molecule has 1 saturated heterocycles. The number of ether oxygens (including phenoxy) is 3. The molecule has 1 fully saturated rings. The Morgan fingerprint density at radius 2 is 2.18 bits per heavy atom. The lowest BCUT2D eigenvalue weighted by atomic mass is 9.99. The summed E-state index contributed by atoms with van der Waals surface area (Å²) in [6, 6.07) is 0. The minimum atomic E-state index is -0.550. The van der Waals surface area contributed by atoms with Crippen molar-refractivity contribution >= 4 is 17.7 Å². The van der Waals surface area contributed by atoms with Gasteiger partial charge < -0.3 is 19.5 Å². The Labute approximate surface area is 128 Å². The number of nitrogens with one attached hydrogen (secondary N) is 1. The second-order valence-corrected chi connectivity index (χ2v) is 4.93. The first-order valence-corrected chi connectivity index (χ1v) is 7.27. The van der Waals surface area contributed by atoms with Crippen LogP contribution in [0.1, 0.15) is 30.4 Å². The number of anilines is 1. The van der Waals surface area contributed by atoms with E-state index in [1.165, 1.54) is 11.7 Å². The van der Waals surface area contributed by atoms with Crippen LogP contribution in [-0.2, 0) is 25.7 Å². The van der Waals surface area contributed by atoms with Crippen LogP contribution in [0, 0.1) is 5.92 Å². The molecular weight excluding hydrogens is 290 g/mol. The molecule has 1 amide bonds. The highest BCUT2D eigenvalue weighted by Crippen LogP contribution is 2.18. The summed E-state index contributed by atoms with van der Waals surface area (Å²) >= 11 is 0. The fraction of sp³-hybridized carbons (Fsp3) is 0.643. The van der Waals surface area contributed by atoms with Crippen LogP contribution in [0.4, 0.5) is 5.82 Å². The van der Waals surface area contributed by atoms with Crippen molar-refractivity contribution in [2.45, 2.75) is 26.5 Å². The number of imidazole rings is 1. The van der Waals surface area contributed by atoms with Gasteiger partial charge in [-0.3, -0.25) is 9.36 Å². The van der Waals surface area contributed by atoms with E-state index in [2.05, 4.69) is 10.3 Å². The summed E-state index contributed by atoms with van der Waals surface area (Å²) in [5, 5.41) is 2.74. The standard InChI is InChI=1S/C14H21N3O5/c1-3-22-14(19)12-15-11(8-17(12)9-20-2)16-13(18)10-4-6-21-7-5-10/h8,10H,3-7,9H2,1-2H3,(H,16,18). The second-order valence-electron chi connectivity index (χ2n) is 4.93. The van der Waals surface area contributed by atoms with Crippen LogP contribution >= 0.6 is 0 Å². The Morgan fingerprint density at radius 3 is 2.82 bits per heavy atom. The maximum atomic E-state index is 12.2. The fourth-order valence-corrected chi connectivity index (χ4v) is 2.26. The lowest BCUT2D eigenvalue weighted by Crippen LogP contribution is -2.28. The number of nitrogens with zero attached hydrogens (tertiary/aromatic N) is 2. The molecule has 0 spiro atoms. The molecule has 1 aromatic heterocycles. The molecule has 0 aromatic carbocycles. The Morgan fingerprint density at radius 1 is 1.45 bits per heavy atom. The number of hydrogen-bond donors (Lipinski definition) is 1. The number of esters is 1. The Balaban J connectivity index is 2.08. The van der Waals surface area contributed by atoms with E-state index in [9.17, 15) is 9.59 Å². The highest BCUT2D eigenvalue weighted by atomic mass is 16.5. The molecule has 1 aromatic rings. The van der Waals surface area contributed by atoms with Gasteiger partial charge in [-0.25, -0.2) is 9.78 Å². The van der Waals surface area contributed by atoms with Crippen molar-refractivity contribution in [2.24, 2.45) is 5.92 Å². The highest BCUT2D eigenvalue weighted by Gasteiger charge is 2.24. The predicted octanol–water partition coefficient (Wildman–Crippen LogP) is 1.03. The lowest BCUT2D eigenvalue weighted by molar-refractivity contribution is -0.122. The van der Waals surface area contributed by atoms with E-state index in [0.29, 0.717) is 31.9 Å². The molecule has 0 radical (unpaired) electrons. The number of rotatable bonds is 6. The Kier molecular flexibility index (Phi) is 5.91. The molecule has 122 valence electrons. The van der Waals surface area contributed by atoms with Crippen molar-refractivity contribution in [3.63, 3.8) is 0 Å². The molecule has 0 unspecified atom stereocenters. The third kappa shape index (κ3) is 4.05. The van der Waals surface area contributed by atoms with Gasteiger partial charge in [-0.1, -0.05) is 0 Å². The monoisotopic (exact) mass is 311 g/mol. The summed E-state index contributed by atoms with van der Waals surface area (Å²) in [4.78, 5) is 28.2. The first-order chi connectivity index (χ1) is 10.7. The second kappa shape index (κ2) is 7.90. The van der Waals surface area contributed by atoms with Crippen molar-refractivity contribution in [3.8, 4) is 0 Å². The molecule has 0 aliphatic carbocycles. The zero-order valence-corrected chi connectivity index (χ0v) is 12.8. The molecule has 0 atom stereocenters. The predicted molar refractivity (Wildman–Crippen MR) is 77.4 cm³/mol. The van der Waals surface area contributed by atoms with Crippen molar-refractivity contribution in [1.82, 2.24) is 9.55 Å². The number of carbonyl (C=O) groups is 2. The zero-order chi connectivity index (χ0) is 15.9. The summed E-state index contributed by atoms with van der Waals surface area (Å²) in [7, 11) is 1.51. The zero-order valence-electron chi connectivity index (χ0n) is 12.8. The molecule has 1 N–H and O–H groups in total. The van der Waals surface area contributed by atoms with Crippen LogP contribution < -0.4 is 5.32 Å². The molecule has 1 aliphatic rings. The van der Waals surface area contributed by atoms with Gasteiger partial charge in [0.2, 0.25) is 11.7 Å². The van der Waals surface area contributed by atoms with E-state index in [4.69, 9.17) is 14.2 Å². The molecule has 22 heavy (non-hydrogen) atoms. The van der Waals surface area contributed by atoms with Crippen LogP contribution in [0.3, 0.4) is 0 Å². The Hall–Kier alpha value is -1.93. The minimum Gasteiger partial charge on any atom is -0.460 e. The average molecular weight is 311 g/mol. The van der Waals surface area contributed by atoms with E-state index in [-0.39, 0.29) is 31.0 Å². The number of methoxy groups -OCH3 is 1. The highest BCUT2D eigenvalue weighted by molar-refractivity contribution is 5.93. The third-order valence-corrected chi connectivity index (χ3v) is 3.35. The smallest absolute Gasteiger partial charge is 0.374 e. The summed E-state index contributed by atoms with van der Waals surface area (Å²) in [5.74, 6) is -0.332. The molecule has 2 rings (SSSR count). The first kappa shape index (κ1) is 16.4. The number of hydrogen-bond acceptors (Lipinski definition) is 6. The van der Waals surface area contributed by atoms with Gasteiger partial charge in [-0.2, -0.15) is 0 Å². The van der Waals surface area contributed by atoms with Gasteiger partial charge in [0.1, 0.15) is 6.73 Å². The van der Waals surface area contributed by atoms with E-state index in [0.717, 1.165) is 0 Å². The molecule has 8 heteroatoms. The molecule has 0 saturated carbocycles. The summed E-state index contributed by atoms with van der Waals surface area (Å²) in [6.45, 7) is 3.29. The van der Waals surface area contributed by atoms with Gasteiger partial charge in [-0.05, 0) is 19.8 Å². The number of amides is 1. The van der Waals surface area contributed by atoms with Gasteiger partial charge in [0.05, 0.1) is 12.8 Å². The van der Waals surface area contributed by atoms with E-state index in [1.807, 2.05) is 0 Å². The van der Waals surface area contributed by atoms with Crippen LogP contribution in [0.25, 0.3) is 0 Å². The summed E-state index contributed by atoms with van der Waals surface area (Å²) < 4.78 is 16.7. The molecule has 8 nitrogen and oxygen atoms in total. The third-order valence-electron chi connectivity index (χ3n) is 3.35. The normalized spacial score (nSPS) is 15.5. The van der Waals surface area contributed by atoms with Crippen molar-refractivity contribution in [1.29, 1.82) is 0 Å². The topological polar surface area (TPSA) is 91.7 Å². The lowest BCUT2D eigenvalue weighted by Gasteiger charge is -2.20. The van der Waals surface area contributed by atoms with Gasteiger partial charge in [-0.15, -0.1) is 0 Å². The minimum absolute atomic E-state index is 0.0904. The Bertz CT molecular complexity index is 523. The van der Waals surface area contributed by atoms with E-state index >= 15 is 0 Å². The maximum absolute atomic E-state index is 12.2. The van der Waals surface area contributed by atoms with Gasteiger partial charge in [0.15, 0.2) is 5.82 Å².